The highest BCUT2D eigenvalue weighted by Crippen LogP contribution is 2.34. The van der Waals surface area contributed by atoms with E-state index in [1.165, 1.54) is 22.3 Å². The topological polar surface area (TPSA) is 70.5 Å². The summed E-state index contributed by atoms with van der Waals surface area (Å²) in [5.41, 5.74) is 1.51. The van der Waals surface area contributed by atoms with E-state index in [1.807, 2.05) is 12.1 Å². The van der Waals surface area contributed by atoms with E-state index in [1.54, 1.807) is 12.1 Å². The Morgan fingerprint density at radius 3 is 2.81 bits per heavy atom. The second-order valence-electron chi connectivity index (χ2n) is 6.37. The normalized spacial score (nSPS) is 16.6. The molecule has 1 atom stereocenters. The van der Waals surface area contributed by atoms with E-state index in [9.17, 15) is 18.4 Å². The van der Waals surface area contributed by atoms with Gasteiger partial charge in [0.25, 0.3) is 0 Å². The Balaban J connectivity index is 1.72. The highest BCUT2D eigenvalue weighted by atomic mass is 32.1. The zero-order valence-corrected chi connectivity index (χ0v) is 14.8. The molecule has 138 valence electrons. The van der Waals surface area contributed by atoms with Gasteiger partial charge in [-0.25, -0.2) is 13.8 Å². The molecule has 1 aromatic heterocycles. The number of benzene rings is 2. The van der Waals surface area contributed by atoms with Crippen molar-refractivity contribution in [2.24, 2.45) is 5.92 Å². The van der Waals surface area contributed by atoms with Gasteiger partial charge in [-0.2, -0.15) is 0 Å². The first kappa shape index (κ1) is 17.5. The number of hydrogen-bond donors (Lipinski definition) is 1. The molecule has 4 rings (SSSR count). The van der Waals surface area contributed by atoms with E-state index in [2.05, 4.69) is 4.98 Å². The van der Waals surface area contributed by atoms with Gasteiger partial charge < -0.3 is 10.0 Å². The second-order valence-corrected chi connectivity index (χ2v) is 7.48. The Morgan fingerprint density at radius 2 is 2.04 bits per heavy atom. The second kappa shape index (κ2) is 6.70. The van der Waals surface area contributed by atoms with Crippen molar-refractivity contribution < 1.29 is 23.5 Å². The monoisotopic (exact) mass is 388 g/mol. The molecule has 0 saturated heterocycles. The first-order valence-corrected chi connectivity index (χ1v) is 9.10. The quantitative estimate of drug-likeness (QED) is 0.739. The van der Waals surface area contributed by atoms with Crippen molar-refractivity contribution in [1.82, 2.24) is 4.98 Å². The number of rotatable bonds is 4. The van der Waals surface area contributed by atoms with Crippen LogP contribution >= 0.6 is 11.3 Å². The third kappa shape index (κ3) is 3.16. The Morgan fingerprint density at radius 1 is 1.26 bits per heavy atom. The molecule has 1 aliphatic rings. The van der Waals surface area contributed by atoms with Gasteiger partial charge in [-0.15, -0.1) is 11.3 Å². The minimum absolute atomic E-state index is 0.0603. The SMILES string of the molecule is O=C(O)CC1Cc2ccccc2N(Cc2nc3c(F)c(F)ccc3s2)C1=O. The van der Waals surface area contributed by atoms with Crippen LogP contribution in [0.25, 0.3) is 10.2 Å². The van der Waals surface area contributed by atoms with Crippen molar-refractivity contribution >= 4 is 39.1 Å². The van der Waals surface area contributed by atoms with Crippen LogP contribution in [-0.4, -0.2) is 22.0 Å². The Kier molecular flexibility index (Phi) is 4.35. The molecule has 0 bridgehead atoms. The maximum absolute atomic E-state index is 13.9. The van der Waals surface area contributed by atoms with Crippen LogP contribution in [0, 0.1) is 17.6 Å². The van der Waals surface area contributed by atoms with E-state index in [0.29, 0.717) is 21.8 Å². The van der Waals surface area contributed by atoms with Crippen LogP contribution in [0.15, 0.2) is 36.4 Å². The van der Waals surface area contributed by atoms with Crippen LogP contribution in [0.1, 0.15) is 17.0 Å². The van der Waals surface area contributed by atoms with E-state index in [-0.39, 0.29) is 24.4 Å². The standard InChI is InChI=1S/C19H14F2N2O3S/c20-12-5-6-14-18(17(12)21)22-15(27-14)9-23-13-4-2-1-3-10(13)7-11(19(23)26)8-16(24)25/h1-6,11H,7-9H2,(H,24,25). The van der Waals surface area contributed by atoms with Gasteiger partial charge >= 0.3 is 5.97 Å². The number of para-hydroxylation sites is 1. The molecule has 8 heteroatoms. The minimum Gasteiger partial charge on any atom is -0.481 e. The first-order chi connectivity index (χ1) is 12.9. The lowest BCUT2D eigenvalue weighted by molar-refractivity contribution is -0.140. The lowest BCUT2D eigenvalue weighted by Gasteiger charge is -2.33. The van der Waals surface area contributed by atoms with E-state index in [4.69, 9.17) is 5.11 Å². The van der Waals surface area contributed by atoms with Gasteiger partial charge in [-0.3, -0.25) is 9.59 Å². The molecule has 2 aromatic carbocycles. The summed E-state index contributed by atoms with van der Waals surface area (Å²) in [7, 11) is 0. The number of thiazole rings is 1. The number of fused-ring (bicyclic) bond motifs is 2. The fourth-order valence-electron chi connectivity index (χ4n) is 3.36. The van der Waals surface area contributed by atoms with Gasteiger partial charge in [0.15, 0.2) is 11.6 Å². The molecule has 3 aromatic rings. The lowest BCUT2D eigenvalue weighted by Crippen LogP contribution is -2.41. The molecule has 0 spiro atoms. The first-order valence-electron chi connectivity index (χ1n) is 8.28. The summed E-state index contributed by atoms with van der Waals surface area (Å²) >= 11 is 1.18. The molecule has 1 unspecified atom stereocenters. The molecule has 0 aliphatic carbocycles. The zero-order valence-electron chi connectivity index (χ0n) is 14.0. The molecule has 27 heavy (non-hydrogen) atoms. The molecule has 5 nitrogen and oxygen atoms in total. The van der Waals surface area contributed by atoms with Crippen LogP contribution in [0.2, 0.25) is 0 Å². The number of nitrogens with zero attached hydrogens (tertiary/aromatic N) is 2. The van der Waals surface area contributed by atoms with Crippen LogP contribution in [-0.2, 0) is 22.6 Å². The number of carboxylic acid groups (broad SMARTS) is 1. The van der Waals surface area contributed by atoms with E-state index >= 15 is 0 Å². The summed E-state index contributed by atoms with van der Waals surface area (Å²) < 4.78 is 27.8. The van der Waals surface area contributed by atoms with Crippen LogP contribution in [0.3, 0.4) is 0 Å². The van der Waals surface area contributed by atoms with Crippen molar-refractivity contribution in [1.29, 1.82) is 0 Å². The lowest BCUT2D eigenvalue weighted by atomic mass is 9.89. The third-order valence-electron chi connectivity index (χ3n) is 4.57. The number of aromatic nitrogens is 1. The van der Waals surface area contributed by atoms with Crippen LogP contribution in [0.4, 0.5) is 14.5 Å². The van der Waals surface area contributed by atoms with Crippen molar-refractivity contribution in [3.63, 3.8) is 0 Å². The minimum atomic E-state index is -1.04. The number of anilines is 1. The molecule has 0 saturated carbocycles. The molecule has 1 amide bonds. The van der Waals surface area contributed by atoms with Gasteiger partial charge in [0, 0.05) is 5.69 Å². The number of carboxylic acids is 1. The third-order valence-corrected chi connectivity index (χ3v) is 5.58. The molecule has 1 aliphatic heterocycles. The fraction of sp³-hybridized carbons (Fsp3) is 0.211. The predicted molar refractivity (Wildman–Crippen MR) is 96.6 cm³/mol. The maximum atomic E-state index is 13.9. The van der Waals surface area contributed by atoms with Gasteiger partial charge in [-0.05, 0) is 30.2 Å². The molecule has 2 heterocycles. The van der Waals surface area contributed by atoms with Crippen LogP contribution < -0.4 is 4.90 Å². The number of aliphatic carboxylic acids is 1. The molecular weight excluding hydrogens is 374 g/mol. The number of carbonyl (C=O) groups excluding carboxylic acids is 1. The van der Waals surface area contributed by atoms with Crippen LogP contribution in [0.5, 0.6) is 0 Å². The predicted octanol–water partition coefficient (Wildman–Crippen LogP) is 3.75. The number of halogens is 2. The summed E-state index contributed by atoms with van der Waals surface area (Å²) in [6.07, 6.45) is 0.0981. The van der Waals surface area contributed by atoms with Gasteiger partial charge in [-0.1, -0.05) is 18.2 Å². The average molecular weight is 388 g/mol. The van der Waals surface area contributed by atoms with Gasteiger partial charge in [0.2, 0.25) is 5.91 Å². The van der Waals surface area contributed by atoms with E-state index < -0.39 is 23.5 Å². The van der Waals surface area contributed by atoms with Gasteiger partial charge in [0.1, 0.15) is 10.5 Å². The summed E-state index contributed by atoms with van der Waals surface area (Å²) in [6.45, 7) is 0.0758. The highest BCUT2D eigenvalue weighted by molar-refractivity contribution is 7.18. The summed E-state index contributed by atoms with van der Waals surface area (Å²) in [6, 6.07) is 9.78. The smallest absolute Gasteiger partial charge is 0.304 e. The Bertz CT molecular complexity index is 1070. The van der Waals surface area contributed by atoms with E-state index in [0.717, 1.165) is 11.6 Å². The molecular formula is C19H14F2N2O3S. The molecule has 0 radical (unpaired) electrons. The summed E-state index contributed by atoms with van der Waals surface area (Å²) in [4.78, 5) is 29.6. The Labute approximate surface area is 156 Å². The molecule has 0 fully saturated rings. The Hall–Kier alpha value is -2.87. The number of amides is 1. The number of hydrogen-bond acceptors (Lipinski definition) is 4. The zero-order chi connectivity index (χ0) is 19.1. The summed E-state index contributed by atoms with van der Waals surface area (Å²) in [5.74, 6) is -3.99. The number of carbonyl (C=O) groups is 2. The largest absolute Gasteiger partial charge is 0.481 e. The fourth-order valence-corrected chi connectivity index (χ4v) is 4.31. The van der Waals surface area contributed by atoms with Crippen molar-refractivity contribution in [3.8, 4) is 0 Å². The van der Waals surface area contributed by atoms with Gasteiger partial charge in [0.05, 0.1) is 23.6 Å². The maximum Gasteiger partial charge on any atom is 0.304 e. The highest BCUT2D eigenvalue weighted by Gasteiger charge is 2.34. The van der Waals surface area contributed by atoms with Crippen molar-refractivity contribution in [3.05, 3.63) is 58.6 Å². The molecule has 1 N–H and O–H groups in total. The average Bonchev–Trinajstić information content (AvgIpc) is 3.05. The van der Waals surface area contributed by atoms with Crippen molar-refractivity contribution in [2.45, 2.75) is 19.4 Å². The van der Waals surface area contributed by atoms with Crippen molar-refractivity contribution in [2.75, 3.05) is 4.90 Å². The summed E-state index contributed by atoms with van der Waals surface area (Å²) in [5, 5.41) is 9.55.